The summed E-state index contributed by atoms with van der Waals surface area (Å²) < 4.78 is 11.7. The normalized spacial score (nSPS) is 35.5. The third kappa shape index (κ3) is 4.51. The van der Waals surface area contributed by atoms with Crippen LogP contribution >= 0.6 is 0 Å². The lowest BCUT2D eigenvalue weighted by Crippen LogP contribution is -2.58. The van der Waals surface area contributed by atoms with Gasteiger partial charge in [0, 0.05) is 18.3 Å². The number of hydrogen-bond acceptors (Lipinski definition) is 5. The summed E-state index contributed by atoms with van der Waals surface area (Å²) in [6.45, 7) is 9.10. The quantitative estimate of drug-likeness (QED) is 0.506. The Morgan fingerprint density at radius 1 is 1.16 bits per heavy atom. The number of carbonyl (C=O) groups is 3. The molecule has 5 rings (SSSR count). The summed E-state index contributed by atoms with van der Waals surface area (Å²) in [4.78, 5) is 43.2. The van der Waals surface area contributed by atoms with Gasteiger partial charge in [-0.1, -0.05) is 52.7 Å². The van der Waals surface area contributed by atoms with Gasteiger partial charge in [0.05, 0.1) is 25.0 Å². The fraction of sp³-hybridized carbons (Fsp3) is 0.633. The Kier molecular flexibility index (Phi) is 7.29. The van der Waals surface area contributed by atoms with Crippen LogP contribution in [0.1, 0.15) is 53.4 Å². The van der Waals surface area contributed by atoms with Crippen molar-refractivity contribution in [3.05, 3.63) is 36.4 Å². The van der Waals surface area contributed by atoms with Crippen molar-refractivity contribution in [2.24, 2.45) is 29.6 Å². The van der Waals surface area contributed by atoms with E-state index < -0.39 is 29.6 Å². The van der Waals surface area contributed by atoms with Crippen LogP contribution in [0.15, 0.2) is 36.4 Å². The van der Waals surface area contributed by atoms with Gasteiger partial charge in [0.15, 0.2) is 0 Å². The molecule has 1 aliphatic carbocycles. The second kappa shape index (κ2) is 10.4. The average molecular weight is 524 g/mol. The van der Waals surface area contributed by atoms with Crippen molar-refractivity contribution in [1.29, 1.82) is 0 Å². The number of nitrogens with one attached hydrogen (secondary N) is 2. The monoisotopic (exact) mass is 523 g/mol. The Bertz CT molecular complexity index is 1100. The molecule has 3 heterocycles. The standard InChI is InChI=1S/C30H41N3O5/c1-17(2)14-16-33-26(28(35)32-22-8-6-7-18(3)19(22)4)30-15-13-23(38-30)24(25(30)29(33)36)27(34)31-20-9-11-21(37-5)12-10-20/h9-13,15,17-19,22-26H,6-8,14,16H2,1-5H3,(H,31,34)(H,32,35)/t18-,19-,22+,23+,24-,25+,26+,30+/m0/s1. The molecule has 1 aromatic rings. The molecule has 2 bridgehead atoms. The molecule has 1 spiro atoms. The highest BCUT2D eigenvalue weighted by Gasteiger charge is 2.72. The summed E-state index contributed by atoms with van der Waals surface area (Å²) in [5.41, 5.74) is -0.512. The van der Waals surface area contributed by atoms with E-state index in [1.807, 2.05) is 12.2 Å². The van der Waals surface area contributed by atoms with Crippen molar-refractivity contribution in [2.45, 2.75) is 77.2 Å². The Morgan fingerprint density at radius 2 is 1.89 bits per heavy atom. The molecule has 206 valence electrons. The van der Waals surface area contributed by atoms with Gasteiger partial charge in [-0.05, 0) is 54.9 Å². The second-order valence-electron chi connectivity index (χ2n) is 12.0. The van der Waals surface area contributed by atoms with E-state index in [1.54, 1.807) is 36.3 Å². The van der Waals surface area contributed by atoms with E-state index in [-0.39, 0.29) is 23.8 Å². The minimum absolute atomic E-state index is 0.0699. The molecule has 38 heavy (non-hydrogen) atoms. The molecule has 3 amide bonds. The highest BCUT2D eigenvalue weighted by atomic mass is 16.5. The summed E-state index contributed by atoms with van der Waals surface area (Å²) >= 11 is 0. The number of fused-ring (bicyclic) bond motifs is 1. The molecule has 1 aromatic carbocycles. The van der Waals surface area contributed by atoms with Crippen molar-refractivity contribution < 1.29 is 23.9 Å². The van der Waals surface area contributed by atoms with Gasteiger partial charge in [-0.15, -0.1) is 0 Å². The third-order valence-electron chi connectivity index (χ3n) is 9.26. The van der Waals surface area contributed by atoms with Crippen LogP contribution in [-0.2, 0) is 19.1 Å². The molecule has 0 unspecified atom stereocenters. The Labute approximate surface area is 225 Å². The minimum Gasteiger partial charge on any atom is -0.497 e. The maximum Gasteiger partial charge on any atom is 0.246 e. The molecule has 3 aliphatic heterocycles. The summed E-state index contributed by atoms with van der Waals surface area (Å²) in [5.74, 6) is -0.0997. The van der Waals surface area contributed by atoms with Crippen molar-refractivity contribution in [1.82, 2.24) is 10.2 Å². The van der Waals surface area contributed by atoms with Crippen LogP contribution < -0.4 is 15.4 Å². The summed E-state index contributed by atoms with van der Waals surface area (Å²) in [7, 11) is 1.59. The first kappa shape index (κ1) is 26.7. The fourth-order valence-corrected chi connectivity index (χ4v) is 6.85. The number of likely N-dealkylation sites (tertiary alicyclic amines) is 1. The van der Waals surface area contributed by atoms with Gasteiger partial charge in [-0.3, -0.25) is 14.4 Å². The predicted molar refractivity (Wildman–Crippen MR) is 144 cm³/mol. The van der Waals surface area contributed by atoms with Crippen LogP contribution in [0.2, 0.25) is 0 Å². The molecule has 8 atom stereocenters. The Morgan fingerprint density at radius 3 is 2.58 bits per heavy atom. The van der Waals surface area contributed by atoms with Gasteiger partial charge in [0.1, 0.15) is 17.4 Å². The highest BCUT2D eigenvalue weighted by molar-refractivity contribution is 6.02. The third-order valence-corrected chi connectivity index (χ3v) is 9.26. The smallest absolute Gasteiger partial charge is 0.246 e. The van der Waals surface area contributed by atoms with Gasteiger partial charge in [0.2, 0.25) is 17.7 Å². The molecule has 2 saturated heterocycles. The van der Waals surface area contributed by atoms with Crippen LogP contribution in [-0.4, -0.2) is 60.1 Å². The SMILES string of the molecule is COc1ccc(NC(=O)[C@H]2[C@H]3C=C[C@@]4(O3)[C@H]2C(=O)N(CCC(C)C)[C@@H]4C(=O)N[C@@H]2CCC[C@H](C)[C@@H]2C)cc1. The number of nitrogens with zero attached hydrogens (tertiary/aromatic N) is 1. The molecule has 8 heteroatoms. The molecular weight excluding hydrogens is 482 g/mol. The number of rotatable bonds is 8. The molecule has 1 saturated carbocycles. The molecule has 0 aromatic heterocycles. The van der Waals surface area contributed by atoms with Gasteiger partial charge in [-0.25, -0.2) is 0 Å². The molecule has 2 N–H and O–H groups in total. The second-order valence-corrected chi connectivity index (χ2v) is 12.0. The average Bonchev–Trinajstić information content (AvgIpc) is 3.53. The van der Waals surface area contributed by atoms with E-state index in [4.69, 9.17) is 9.47 Å². The molecular formula is C30H41N3O5. The van der Waals surface area contributed by atoms with E-state index in [0.29, 0.717) is 35.7 Å². The van der Waals surface area contributed by atoms with E-state index >= 15 is 0 Å². The van der Waals surface area contributed by atoms with Crippen LogP contribution in [0.25, 0.3) is 0 Å². The molecule has 0 radical (unpaired) electrons. The zero-order valence-corrected chi connectivity index (χ0v) is 23.1. The zero-order chi connectivity index (χ0) is 27.2. The van der Waals surface area contributed by atoms with E-state index in [2.05, 4.69) is 38.3 Å². The lowest BCUT2D eigenvalue weighted by molar-refractivity contribution is -0.141. The van der Waals surface area contributed by atoms with Gasteiger partial charge >= 0.3 is 0 Å². The number of benzene rings is 1. The van der Waals surface area contributed by atoms with Gasteiger partial charge in [-0.2, -0.15) is 0 Å². The van der Waals surface area contributed by atoms with Crippen LogP contribution in [0.3, 0.4) is 0 Å². The van der Waals surface area contributed by atoms with Crippen LogP contribution in [0, 0.1) is 29.6 Å². The summed E-state index contributed by atoms with van der Waals surface area (Å²) in [6, 6.07) is 6.37. The summed E-state index contributed by atoms with van der Waals surface area (Å²) in [5, 5.41) is 6.26. The number of hydrogen-bond donors (Lipinski definition) is 2. The van der Waals surface area contributed by atoms with Crippen LogP contribution in [0.5, 0.6) is 5.75 Å². The topological polar surface area (TPSA) is 97.0 Å². The number of ether oxygens (including phenoxy) is 2. The minimum atomic E-state index is -1.13. The van der Waals surface area contributed by atoms with Crippen molar-refractivity contribution >= 4 is 23.4 Å². The van der Waals surface area contributed by atoms with Crippen molar-refractivity contribution in [2.75, 3.05) is 19.0 Å². The summed E-state index contributed by atoms with van der Waals surface area (Å²) in [6.07, 6.45) is 7.15. The van der Waals surface area contributed by atoms with E-state index in [9.17, 15) is 14.4 Å². The first-order valence-corrected chi connectivity index (χ1v) is 14.1. The first-order valence-electron chi connectivity index (χ1n) is 14.1. The molecule has 8 nitrogen and oxygen atoms in total. The number of carbonyl (C=O) groups excluding carboxylic acids is 3. The first-order chi connectivity index (χ1) is 18.2. The fourth-order valence-electron chi connectivity index (χ4n) is 6.85. The van der Waals surface area contributed by atoms with E-state index in [1.165, 1.54) is 6.42 Å². The highest BCUT2D eigenvalue weighted by Crippen LogP contribution is 2.55. The lowest BCUT2D eigenvalue weighted by atomic mass is 9.73. The largest absolute Gasteiger partial charge is 0.497 e. The number of anilines is 1. The molecule has 4 aliphatic rings. The Hall–Kier alpha value is -2.87. The van der Waals surface area contributed by atoms with Crippen molar-refractivity contribution in [3.8, 4) is 5.75 Å². The number of methoxy groups -OCH3 is 1. The van der Waals surface area contributed by atoms with Crippen LogP contribution in [0.4, 0.5) is 5.69 Å². The predicted octanol–water partition coefficient (Wildman–Crippen LogP) is 3.77. The van der Waals surface area contributed by atoms with E-state index in [0.717, 1.165) is 19.3 Å². The van der Waals surface area contributed by atoms with Gasteiger partial charge in [0.25, 0.3) is 0 Å². The number of amides is 3. The van der Waals surface area contributed by atoms with Crippen molar-refractivity contribution in [3.63, 3.8) is 0 Å². The maximum absolute atomic E-state index is 14.0. The maximum atomic E-state index is 14.0. The zero-order valence-electron chi connectivity index (χ0n) is 23.1. The lowest BCUT2D eigenvalue weighted by Gasteiger charge is -2.38. The van der Waals surface area contributed by atoms with Gasteiger partial charge < -0.3 is 25.0 Å². The molecule has 3 fully saturated rings. The Balaban J connectivity index is 1.41.